The Balaban J connectivity index is 1.54. The Morgan fingerprint density at radius 1 is 1.11 bits per heavy atom. The highest BCUT2D eigenvalue weighted by Crippen LogP contribution is 2.30. The molecular weight excluding hydrogens is 342 g/mol. The predicted molar refractivity (Wildman–Crippen MR) is 107 cm³/mol. The largest absolute Gasteiger partial charge is 0.493 e. The van der Waals surface area contributed by atoms with Crippen LogP contribution in [0.1, 0.15) is 51.0 Å². The van der Waals surface area contributed by atoms with E-state index in [1.54, 1.807) is 7.11 Å². The van der Waals surface area contributed by atoms with Gasteiger partial charge in [-0.25, -0.2) is 0 Å². The number of ether oxygens (including phenoxy) is 3. The summed E-state index contributed by atoms with van der Waals surface area (Å²) in [4.78, 5) is 2.47. The Kier molecular flexibility index (Phi) is 7.80. The van der Waals surface area contributed by atoms with Crippen LogP contribution < -0.4 is 9.47 Å². The van der Waals surface area contributed by atoms with E-state index in [4.69, 9.17) is 14.2 Å². The van der Waals surface area contributed by atoms with Gasteiger partial charge < -0.3 is 19.3 Å². The molecule has 0 spiro atoms. The minimum absolute atomic E-state index is 0.169. The summed E-state index contributed by atoms with van der Waals surface area (Å²) in [5, 5.41) is 10.0. The van der Waals surface area contributed by atoms with Gasteiger partial charge in [-0.1, -0.05) is 18.9 Å². The van der Waals surface area contributed by atoms with Crippen molar-refractivity contribution in [3.05, 3.63) is 23.8 Å². The van der Waals surface area contributed by atoms with Gasteiger partial charge in [-0.2, -0.15) is 0 Å². The van der Waals surface area contributed by atoms with Crippen LogP contribution in [-0.2, 0) is 11.2 Å². The first-order valence-electron chi connectivity index (χ1n) is 10.5. The summed E-state index contributed by atoms with van der Waals surface area (Å²) in [6.45, 7) is 5.23. The van der Waals surface area contributed by atoms with Crippen LogP contribution >= 0.6 is 0 Å². The maximum Gasteiger partial charge on any atom is 0.161 e. The van der Waals surface area contributed by atoms with Crippen LogP contribution in [0.25, 0.3) is 0 Å². The monoisotopic (exact) mass is 377 g/mol. The Labute approximate surface area is 163 Å². The standard InChI is InChI=1S/C22H35NO4/c1-3-26-22-15-17(10-11-21(22)25-2)12-14-27-20-9-5-4-8-19(20)23-13-6-7-18(24)16-23/h10-11,15,18-20,24H,3-9,12-14,16H2,1-2H3/t18-,19-,20?/m1/s1. The van der Waals surface area contributed by atoms with E-state index in [2.05, 4.69) is 17.0 Å². The number of piperidine rings is 1. The van der Waals surface area contributed by atoms with E-state index in [1.165, 1.54) is 24.8 Å². The SMILES string of the molecule is CCOc1cc(CCOC2CCCC[C@H]2N2CCC[C@@H](O)C2)ccc1OC. The van der Waals surface area contributed by atoms with Crippen molar-refractivity contribution in [1.82, 2.24) is 4.90 Å². The van der Waals surface area contributed by atoms with Gasteiger partial charge in [0.05, 0.1) is 32.5 Å². The average molecular weight is 378 g/mol. The van der Waals surface area contributed by atoms with Gasteiger partial charge in [0.25, 0.3) is 0 Å². The summed E-state index contributed by atoms with van der Waals surface area (Å²) in [6, 6.07) is 6.58. The van der Waals surface area contributed by atoms with E-state index in [0.717, 1.165) is 56.9 Å². The first kappa shape index (κ1) is 20.4. The van der Waals surface area contributed by atoms with Gasteiger partial charge in [0.15, 0.2) is 11.5 Å². The molecule has 5 nitrogen and oxygen atoms in total. The zero-order chi connectivity index (χ0) is 19.1. The number of nitrogens with zero attached hydrogens (tertiary/aromatic N) is 1. The van der Waals surface area contributed by atoms with Gasteiger partial charge >= 0.3 is 0 Å². The molecule has 2 aliphatic rings. The average Bonchev–Trinajstić information content (AvgIpc) is 2.69. The molecule has 1 aliphatic carbocycles. The zero-order valence-corrected chi connectivity index (χ0v) is 16.9. The first-order chi connectivity index (χ1) is 13.2. The summed E-state index contributed by atoms with van der Waals surface area (Å²) >= 11 is 0. The van der Waals surface area contributed by atoms with E-state index in [-0.39, 0.29) is 12.2 Å². The number of aliphatic hydroxyl groups is 1. The van der Waals surface area contributed by atoms with Crippen LogP contribution in [-0.4, -0.2) is 61.7 Å². The van der Waals surface area contributed by atoms with Crippen LogP contribution in [0, 0.1) is 0 Å². The molecule has 1 saturated carbocycles. The molecule has 0 radical (unpaired) electrons. The number of rotatable bonds is 8. The van der Waals surface area contributed by atoms with Gasteiger partial charge in [-0.15, -0.1) is 0 Å². The molecule has 5 heteroatoms. The summed E-state index contributed by atoms with van der Waals surface area (Å²) in [5.41, 5.74) is 1.21. The van der Waals surface area contributed by atoms with Gasteiger partial charge in [0, 0.05) is 12.6 Å². The molecule has 1 saturated heterocycles. The molecule has 1 aliphatic heterocycles. The Morgan fingerprint density at radius 3 is 2.74 bits per heavy atom. The molecule has 1 unspecified atom stereocenters. The molecule has 1 N–H and O–H groups in total. The summed E-state index contributed by atoms with van der Waals surface area (Å²) < 4.78 is 17.4. The first-order valence-corrected chi connectivity index (χ1v) is 10.5. The molecule has 0 aromatic heterocycles. The zero-order valence-electron chi connectivity index (χ0n) is 16.9. The van der Waals surface area contributed by atoms with E-state index in [9.17, 15) is 5.11 Å². The van der Waals surface area contributed by atoms with Crippen LogP contribution in [0.5, 0.6) is 11.5 Å². The van der Waals surface area contributed by atoms with E-state index >= 15 is 0 Å². The number of β-amino-alcohol motifs (C(OH)–C–C–N with tert-alkyl or cyclic N) is 1. The fourth-order valence-electron chi connectivity index (χ4n) is 4.45. The van der Waals surface area contributed by atoms with Crippen LogP contribution in [0.4, 0.5) is 0 Å². The van der Waals surface area contributed by atoms with Crippen LogP contribution in [0.3, 0.4) is 0 Å². The lowest BCUT2D eigenvalue weighted by molar-refractivity contribution is -0.0561. The third kappa shape index (κ3) is 5.59. The smallest absolute Gasteiger partial charge is 0.161 e. The fourth-order valence-corrected chi connectivity index (χ4v) is 4.45. The Hall–Kier alpha value is -1.30. The summed E-state index contributed by atoms with van der Waals surface area (Å²) in [7, 11) is 1.67. The lowest BCUT2D eigenvalue weighted by Crippen LogP contribution is -2.51. The van der Waals surface area contributed by atoms with Gasteiger partial charge in [-0.05, 0) is 63.3 Å². The minimum atomic E-state index is -0.169. The topological polar surface area (TPSA) is 51.2 Å². The van der Waals surface area contributed by atoms with Crippen molar-refractivity contribution < 1.29 is 19.3 Å². The second-order valence-corrected chi connectivity index (χ2v) is 7.72. The van der Waals surface area contributed by atoms with Crippen molar-refractivity contribution in [2.24, 2.45) is 0 Å². The second-order valence-electron chi connectivity index (χ2n) is 7.72. The van der Waals surface area contributed by atoms with Crippen molar-refractivity contribution in [2.45, 2.75) is 70.1 Å². The number of hydrogen-bond donors (Lipinski definition) is 1. The summed E-state index contributed by atoms with van der Waals surface area (Å²) in [6.07, 6.45) is 7.85. The molecule has 0 amide bonds. The predicted octanol–water partition coefficient (Wildman–Crippen LogP) is 3.42. The molecule has 1 heterocycles. The van der Waals surface area contributed by atoms with Crippen molar-refractivity contribution in [3.8, 4) is 11.5 Å². The minimum Gasteiger partial charge on any atom is -0.493 e. The van der Waals surface area contributed by atoms with Crippen molar-refractivity contribution in [3.63, 3.8) is 0 Å². The molecule has 1 aromatic rings. The molecular formula is C22H35NO4. The second kappa shape index (κ2) is 10.3. The Morgan fingerprint density at radius 2 is 1.96 bits per heavy atom. The normalized spacial score (nSPS) is 26.7. The number of hydrogen-bond acceptors (Lipinski definition) is 5. The Bertz CT molecular complexity index is 579. The van der Waals surface area contributed by atoms with E-state index in [0.29, 0.717) is 12.6 Å². The van der Waals surface area contributed by atoms with Gasteiger partial charge in [0.1, 0.15) is 0 Å². The molecule has 3 atom stereocenters. The molecule has 3 rings (SSSR count). The summed E-state index contributed by atoms with van der Waals surface area (Å²) in [5.74, 6) is 1.58. The van der Waals surface area contributed by atoms with Gasteiger partial charge in [-0.3, -0.25) is 4.90 Å². The molecule has 0 bridgehead atoms. The lowest BCUT2D eigenvalue weighted by Gasteiger charge is -2.42. The number of methoxy groups -OCH3 is 1. The fraction of sp³-hybridized carbons (Fsp3) is 0.727. The lowest BCUT2D eigenvalue weighted by atomic mass is 9.89. The number of benzene rings is 1. The van der Waals surface area contributed by atoms with Crippen molar-refractivity contribution in [2.75, 3.05) is 33.4 Å². The van der Waals surface area contributed by atoms with E-state index < -0.39 is 0 Å². The molecule has 1 aromatic carbocycles. The van der Waals surface area contributed by atoms with Crippen molar-refractivity contribution >= 4 is 0 Å². The number of likely N-dealkylation sites (tertiary alicyclic amines) is 1. The third-order valence-electron chi connectivity index (χ3n) is 5.82. The maximum absolute atomic E-state index is 10.0. The quantitative estimate of drug-likeness (QED) is 0.752. The highest BCUT2D eigenvalue weighted by Gasteiger charge is 2.33. The van der Waals surface area contributed by atoms with Gasteiger partial charge in [0.2, 0.25) is 0 Å². The maximum atomic E-state index is 10.0. The van der Waals surface area contributed by atoms with Crippen molar-refractivity contribution in [1.29, 1.82) is 0 Å². The highest BCUT2D eigenvalue weighted by atomic mass is 16.5. The number of aliphatic hydroxyl groups excluding tert-OH is 1. The highest BCUT2D eigenvalue weighted by molar-refractivity contribution is 5.43. The molecule has 152 valence electrons. The molecule has 27 heavy (non-hydrogen) atoms. The molecule has 2 fully saturated rings. The third-order valence-corrected chi connectivity index (χ3v) is 5.82. The van der Waals surface area contributed by atoms with Crippen LogP contribution in [0.15, 0.2) is 18.2 Å². The van der Waals surface area contributed by atoms with Crippen LogP contribution in [0.2, 0.25) is 0 Å². The van der Waals surface area contributed by atoms with E-state index in [1.807, 2.05) is 13.0 Å².